The van der Waals surface area contributed by atoms with Gasteiger partial charge in [-0.05, 0) is 55.2 Å². The van der Waals surface area contributed by atoms with E-state index in [1.54, 1.807) is 0 Å². The largest absolute Gasteiger partial charge is 0.490 e. The van der Waals surface area contributed by atoms with Gasteiger partial charge >= 0.3 is 0 Å². The lowest BCUT2D eigenvalue weighted by Gasteiger charge is -2.32. The van der Waals surface area contributed by atoms with Gasteiger partial charge in [-0.1, -0.05) is 15.9 Å². The molecule has 1 aromatic carbocycles. The van der Waals surface area contributed by atoms with Crippen molar-refractivity contribution in [3.63, 3.8) is 0 Å². The summed E-state index contributed by atoms with van der Waals surface area (Å²) in [7, 11) is 0. The van der Waals surface area contributed by atoms with Crippen LogP contribution in [0.5, 0.6) is 11.5 Å². The Balaban J connectivity index is 1.73. The zero-order chi connectivity index (χ0) is 18.1. The fourth-order valence-electron chi connectivity index (χ4n) is 3.84. The molecule has 0 bridgehead atoms. The molecule has 4 rings (SSSR count). The van der Waals surface area contributed by atoms with Crippen molar-refractivity contribution in [3.05, 3.63) is 45.2 Å². The van der Waals surface area contributed by atoms with Crippen LogP contribution in [0.25, 0.3) is 0 Å². The normalized spacial score (nSPS) is 24.5. The number of rotatable bonds is 5. The second kappa shape index (κ2) is 7.62. The van der Waals surface area contributed by atoms with E-state index in [-0.39, 0.29) is 12.1 Å². The van der Waals surface area contributed by atoms with E-state index in [0.29, 0.717) is 20.0 Å². The molecule has 140 valence electrons. The molecule has 2 unspecified atom stereocenters. The smallest absolute Gasteiger partial charge is 0.189 e. The molecule has 0 saturated carbocycles. The summed E-state index contributed by atoms with van der Waals surface area (Å²) in [4.78, 5) is 0. The third-order valence-electron chi connectivity index (χ3n) is 5.00. The summed E-state index contributed by atoms with van der Waals surface area (Å²) in [6, 6.07) is 4.41. The molecule has 6 heteroatoms. The number of hydrogen-bond acceptors (Lipinski definition) is 5. The molecule has 0 radical (unpaired) electrons. The van der Waals surface area contributed by atoms with Gasteiger partial charge in [0.05, 0.1) is 19.3 Å². The minimum absolute atomic E-state index is 0.0209. The van der Waals surface area contributed by atoms with Crippen molar-refractivity contribution in [1.82, 2.24) is 5.32 Å². The Bertz CT molecular complexity index is 758. The van der Waals surface area contributed by atoms with Crippen molar-refractivity contribution in [2.45, 2.75) is 38.8 Å². The van der Waals surface area contributed by atoms with Gasteiger partial charge in [0.25, 0.3) is 0 Å². The molecule has 1 aromatic rings. The number of hydrogen-bond donors (Lipinski definition) is 1. The lowest BCUT2D eigenvalue weighted by Crippen LogP contribution is -2.33. The van der Waals surface area contributed by atoms with Gasteiger partial charge in [-0.15, -0.1) is 0 Å². The molecular formula is C20H24BrNO4. The van der Waals surface area contributed by atoms with Gasteiger partial charge in [-0.3, -0.25) is 0 Å². The molecule has 1 N–H and O–H groups in total. The summed E-state index contributed by atoms with van der Waals surface area (Å²) < 4.78 is 24.0. The van der Waals surface area contributed by atoms with E-state index in [9.17, 15) is 0 Å². The van der Waals surface area contributed by atoms with E-state index in [1.807, 2.05) is 19.9 Å². The Kier molecular flexibility index (Phi) is 5.25. The highest BCUT2D eigenvalue weighted by molar-refractivity contribution is 9.11. The number of benzene rings is 1. The Morgan fingerprint density at radius 1 is 1.19 bits per heavy atom. The average Bonchev–Trinajstić information content (AvgIpc) is 3.09. The zero-order valence-corrected chi connectivity index (χ0v) is 16.7. The predicted octanol–water partition coefficient (Wildman–Crippen LogP) is 3.98. The summed E-state index contributed by atoms with van der Waals surface area (Å²) in [6.07, 6.45) is 3.87. The van der Waals surface area contributed by atoms with Crippen LogP contribution in [0, 0.1) is 0 Å². The monoisotopic (exact) mass is 421 g/mol. The highest BCUT2D eigenvalue weighted by Crippen LogP contribution is 2.43. The van der Waals surface area contributed by atoms with Crippen LogP contribution in [0.1, 0.15) is 37.4 Å². The number of ether oxygens (including phenoxy) is 4. The van der Waals surface area contributed by atoms with Crippen LogP contribution in [-0.2, 0) is 15.9 Å². The number of nitrogens with one attached hydrogen (secondary N) is 1. The molecule has 1 aliphatic carbocycles. The van der Waals surface area contributed by atoms with Crippen molar-refractivity contribution in [3.8, 4) is 11.5 Å². The summed E-state index contributed by atoms with van der Waals surface area (Å²) in [5.41, 5.74) is 3.86. The Hall–Kier alpha value is -1.50. The first kappa shape index (κ1) is 17.9. The maximum Gasteiger partial charge on any atom is 0.189 e. The lowest BCUT2D eigenvalue weighted by molar-refractivity contribution is 0.0496. The van der Waals surface area contributed by atoms with E-state index in [0.717, 1.165) is 41.1 Å². The maximum atomic E-state index is 5.85. The van der Waals surface area contributed by atoms with E-state index in [2.05, 4.69) is 33.4 Å². The Morgan fingerprint density at radius 2 is 1.96 bits per heavy atom. The highest BCUT2D eigenvalue weighted by atomic mass is 79.9. The van der Waals surface area contributed by atoms with Crippen LogP contribution in [0.2, 0.25) is 0 Å². The van der Waals surface area contributed by atoms with Crippen LogP contribution in [0.4, 0.5) is 0 Å². The maximum absolute atomic E-state index is 5.85. The molecule has 0 aromatic heterocycles. The van der Waals surface area contributed by atoms with E-state index in [1.165, 1.54) is 16.7 Å². The molecule has 3 aliphatic rings. The molecular weight excluding hydrogens is 398 g/mol. The molecule has 1 fully saturated rings. The van der Waals surface area contributed by atoms with E-state index >= 15 is 0 Å². The van der Waals surface area contributed by atoms with Crippen LogP contribution >= 0.6 is 15.9 Å². The lowest BCUT2D eigenvalue weighted by atomic mass is 9.85. The topological polar surface area (TPSA) is 49.0 Å². The molecule has 0 amide bonds. The van der Waals surface area contributed by atoms with Crippen molar-refractivity contribution >= 4 is 15.9 Å². The van der Waals surface area contributed by atoms with Crippen molar-refractivity contribution in [2.24, 2.45) is 0 Å². The third kappa shape index (κ3) is 3.26. The Labute approximate surface area is 162 Å². The molecule has 5 nitrogen and oxygen atoms in total. The second-order valence-electron chi connectivity index (χ2n) is 6.54. The van der Waals surface area contributed by atoms with Gasteiger partial charge in [0.15, 0.2) is 18.3 Å². The first-order valence-electron chi connectivity index (χ1n) is 9.21. The summed E-state index contributed by atoms with van der Waals surface area (Å²) >= 11 is 3.74. The fraction of sp³-hybridized carbons (Fsp3) is 0.500. The van der Waals surface area contributed by atoms with Crippen LogP contribution in [0.15, 0.2) is 34.0 Å². The van der Waals surface area contributed by atoms with Gasteiger partial charge in [0, 0.05) is 17.4 Å². The Morgan fingerprint density at radius 3 is 2.73 bits per heavy atom. The van der Waals surface area contributed by atoms with Crippen molar-refractivity contribution < 1.29 is 18.9 Å². The standard InChI is InChI=1S/C20H24BrNO4/c1-3-23-16-7-12-5-6-22-20(13(12)8-17(16)24-4-2)14-9-18-19(10-15(14)21)26-11-25-18/h7-8,10,18,20,22H,3-6,9,11H2,1-2H3. The molecule has 2 atom stereocenters. The average molecular weight is 422 g/mol. The summed E-state index contributed by atoms with van der Waals surface area (Å²) in [5.74, 6) is 2.56. The van der Waals surface area contributed by atoms with Gasteiger partial charge in [-0.2, -0.15) is 0 Å². The predicted molar refractivity (Wildman–Crippen MR) is 103 cm³/mol. The van der Waals surface area contributed by atoms with Crippen LogP contribution in [-0.4, -0.2) is 32.7 Å². The zero-order valence-electron chi connectivity index (χ0n) is 15.1. The molecule has 0 spiro atoms. The SMILES string of the molecule is CCOc1cc2c(cc1OCC)C(C1=C(Br)C=C3OCOC3C1)NCC2. The molecule has 2 heterocycles. The highest BCUT2D eigenvalue weighted by Gasteiger charge is 2.34. The summed E-state index contributed by atoms with van der Waals surface area (Å²) in [6.45, 7) is 6.50. The van der Waals surface area contributed by atoms with Gasteiger partial charge in [0.2, 0.25) is 0 Å². The first-order chi connectivity index (χ1) is 12.7. The third-order valence-corrected chi connectivity index (χ3v) is 5.74. The minimum Gasteiger partial charge on any atom is -0.490 e. The van der Waals surface area contributed by atoms with Gasteiger partial charge in [-0.25, -0.2) is 0 Å². The van der Waals surface area contributed by atoms with Crippen LogP contribution < -0.4 is 14.8 Å². The van der Waals surface area contributed by atoms with E-state index in [4.69, 9.17) is 18.9 Å². The molecule has 2 aliphatic heterocycles. The first-order valence-corrected chi connectivity index (χ1v) is 10.0. The minimum atomic E-state index is 0.0209. The fourth-order valence-corrected chi connectivity index (χ4v) is 4.45. The number of allylic oxidation sites excluding steroid dienone is 2. The number of halogens is 1. The quantitative estimate of drug-likeness (QED) is 0.778. The van der Waals surface area contributed by atoms with Crippen molar-refractivity contribution in [2.75, 3.05) is 26.6 Å². The van der Waals surface area contributed by atoms with E-state index < -0.39 is 0 Å². The molecule has 1 saturated heterocycles. The van der Waals surface area contributed by atoms with Crippen LogP contribution in [0.3, 0.4) is 0 Å². The van der Waals surface area contributed by atoms with Gasteiger partial charge < -0.3 is 24.3 Å². The second-order valence-corrected chi connectivity index (χ2v) is 7.40. The summed E-state index contributed by atoms with van der Waals surface area (Å²) in [5, 5.41) is 3.67. The van der Waals surface area contributed by atoms with Crippen molar-refractivity contribution in [1.29, 1.82) is 0 Å². The van der Waals surface area contributed by atoms with Gasteiger partial charge in [0.1, 0.15) is 11.9 Å². The number of fused-ring (bicyclic) bond motifs is 2. The molecule has 26 heavy (non-hydrogen) atoms.